The molecule has 0 unspecified atom stereocenters. The molecule has 6 nitrogen and oxygen atoms in total. The van der Waals surface area contributed by atoms with Crippen LogP contribution in [0.25, 0.3) is 0 Å². The number of nitrogens with zero attached hydrogens (tertiary/aromatic N) is 3. The lowest BCUT2D eigenvalue weighted by molar-refractivity contribution is -0.117. The topological polar surface area (TPSA) is 65.5 Å². The number of hydrogen-bond acceptors (Lipinski definition) is 4. The maximum absolute atomic E-state index is 12.6. The zero-order valence-electron chi connectivity index (χ0n) is 14.4. The first-order valence-electron chi connectivity index (χ1n) is 8.60. The van der Waals surface area contributed by atoms with E-state index in [2.05, 4.69) is 15.2 Å². The Labute approximate surface area is 157 Å². The largest absolute Gasteiger partial charge is 0.337 e. The van der Waals surface area contributed by atoms with Gasteiger partial charge in [-0.2, -0.15) is 0 Å². The van der Waals surface area contributed by atoms with Gasteiger partial charge in [0.2, 0.25) is 5.91 Å². The summed E-state index contributed by atoms with van der Waals surface area (Å²) in [5.74, 6) is 0.403. The summed E-state index contributed by atoms with van der Waals surface area (Å²) in [5.41, 5.74) is 0.701. The maximum atomic E-state index is 12.6. The Morgan fingerprint density at radius 1 is 1.04 bits per heavy atom. The van der Waals surface area contributed by atoms with Gasteiger partial charge in [-0.25, -0.2) is 4.98 Å². The van der Waals surface area contributed by atoms with Gasteiger partial charge in [0, 0.05) is 37.9 Å². The number of carbonyl (C=O) groups is 2. The summed E-state index contributed by atoms with van der Waals surface area (Å²) in [6.07, 6.45) is 2.33. The number of halogens is 1. The molecule has 0 saturated carbocycles. The van der Waals surface area contributed by atoms with Crippen molar-refractivity contribution in [1.82, 2.24) is 14.8 Å². The van der Waals surface area contributed by atoms with Gasteiger partial charge >= 0.3 is 0 Å². The van der Waals surface area contributed by atoms with Crippen LogP contribution in [0.2, 0.25) is 5.02 Å². The molecule has 1 aliphatic heterocycles. The molecule has 1 aromatic carbocycles. The van der Waals surface area contributed by atoms with Crippen molar-refractivity contribution in [3.8, 4) is 0 Å². The molecule has 2 amide bonds. The number of benzene rings is 1. The van der Waals surface area contributed by atoms with Crippen molar-refractivity contribution in [3.63, 3.8) is 0 Å². The third-order valence-corrected chi connectivity index (χ3v) is 4.48. The average Bonchev–Trinajstić information content (AvgIpc) is 2.89. The van der Waals surface area contributed by atoms with Crippen LogP contribution in [-0.4, -0.2) is 59.3 Å². The maximum Gasteiger partial charge on any atom is 0.253 e. The second-order valence-electron chi connectivity index (χ2n) is 6.20. The number of nitrogens with one attached hydrogen (secondary N) is 1. The molecule has 1 saturated heterocycles. The van der Waals surface area contributed by atoms with E-state index in [-0.39, 0.29) is 18.4 Å². The third-order valence-electron chi connectivity index (χ3n) is 4.26. The molecule has 2 heterocycles. The highest BCUT2D eigenvalue weighted by molar-refractivity contribution is 6.30. The molecule has 3 rings (SSSR count). The van der Waals surface area contributed by atoms with E-state index in [9.17, 15) is 9.59 Å². The smallest absolute Gasteiger partial charge is 0.253 e. The van der Waals surface area contributed by atoms with Crippen LogP contribution in [0.3, 0.4) is 0 Å². The van der Waals surface area contributed by atoms with Crippen LogP contribution < -0.4 is 5.32 Å². The number of rotatable bonds is 4. The predicted octanol–water partition coefficient (Wildman–Crippen LogP) is 2.52. The number of amides is 2. The minimum atomic E-state index is -0.123. The van der Waals surface area contributed by atoms with Crippen molar-refractivity contribution in [2.75, 3.05) is 38.0 Å². The van der Waals surface area contributed by atoms with Gasteiger partial charge in [0.15, 0.2) is 0 Å². The van der Waals surface area contributed by atoms with E-state index in [0.29, 0.717) is 36.0 Å². The monoisotopic (exact) mass is 372 g/mol. The lowest BCUT2D eigenvalue weighted by Gasteiger charge is -2.21. The molecule has 0 radical (unpaired) electrons. The van der Waals surface area contributed by atoms with Crippen LogP contribution in [-0.2, 0) is 4.79 Å². The van der Waals surface area contributed by atoms with Crippen LogP contribution in [0.1, 0.15) is 16.8 Å². The second-order valence-corrected chi connectivity index (χ2v) is 6.63. The summed E-state index contributed by atoms with van der Waals surface area (Å²) in [4.78, 5) is 32.7. The van der Waals surface area contributed by atoms with Gasteiger partial charge in [0.1, 0.15) is 5.82 Å². The Hall–Kier alpha value is -2.44. The summed E-state index contributed by atoms with van der Waals surface area (Å²) in [6.45, 7) is 3.03. The van der Waals surface area contributed by atoms with Gasteiger partial charge in [-0.1, -0.05) is 29.8 Å². The van der Waals surface area contributed by atoms with Crippen molar-refractivity contribution in [3.05, 3.63) is 59.2 Å². The number of hydrogen-bond donors (Lipinski definition) is 1. The molecule has 0 atom stereocenters. The van der Waals surface area contributed by atoms with Crippen LogP contribution in [0.5, 0.6) is 0 Å². The minimum absolute atomic E-state index is 0.0438. The van der Waals surface area contributed by atoms with Gasteiger partial charge in [-0.05, 0) is 30.7 Å². The van der Waals surface area contributed by atoms with E-state index in [1.165, 1.54) is 6.20 Å². The molecule has 1 fully saturated rings. The van der Waals surface area contributed by atoms with E-state index < -0.39 is 0 Å². The van der Waals surface area contributed by atoms with Crippen molar-refractivity contribution in [2.24, 2.45) is 0 Å². The van der Waals surface area contributed by atoms with Crippen molar-refractivity contribution in [2.45, 2.75) is 6.42 Å². The lowest BCUT2D eigenvalue weighted by atomic mass is 10.2. The molecule has 136 valence electrons. The summed E-state index contributed by atoms with van der Waals surface area (Å²) in [5, 5.41) is 3.29. The number of aromatic nitrogens is 1. The standard InChI is InChI=1S/C19H21ClN4O2/c20-16-7-8-17(21-13-16)22-18(25)14-23-9-4-10-24(12-11-23)19(26)15-5-2-1-3-6-15/h1-3,5-8,13H,4,9-12,14H2,(H,21,22,25). The van der Waals surface area contributed by atoms with E-state index in [1.54, 1.807) is 12.1 Å². The van der Waals surface area contributed by atoms with E-state index >= 15 is 0 Å². The molecule has 0 spiro atoms. The normalized spacial score (nSPS) is 15.3. The summed E-state index contributed by atoms with van der Waals surface area (Å²) in [6, 6.07) is 12.6. The van der Waals surface area contributed by atoms with Crippen LogP contribution in [0, 0.1) is 0 Å². The average molecular weight is 373 g/mol. The highest BCUT2D eigenvalue weighted by Gasteiger charge is 2.21. The van der Waals surface area contributed by atoms with E-state index in [0.717, 1.165) is 13.0 Å². The SMILES string of the molecule is O=C(CN1CCCN(C(=O)c2ccccc2)CC1)Nc1ccc(Cl)cn1. The molecule has 2 aromatic rings. The molecular weight excluding hydrogens is 352 g/mol. The first-order chi connectivity index (χ1) is 12.6. The fourth-order valence-electron chi connectivity index (χ4n) is 2.93. The minimum Gasteiger partial charge on any atom is -0.337 e. The van der Waals surface area contributed by atoms with Gasteiger partial charge in [-0.15, -0.1) is 0 Å². The summed E-state index contributed by atoms with van der Waals surface area (Å²) in [7, 11) is 0. The first-order valence-corrected chi connectivity index (χ1v) is 8.98. The van der Waals surface area contributed by atoms with Gasteiger partial charge in [0.25, 0.3) is 5.91 Å². The Morgan fingerprint density at radius 3 is 2.58 bits per heavy atom. The highest BCUT2D eigenvalue weighted by Crippen LogP contribution is 2.11. The van der Waals surface area contributed by atoms with Gasteiger partial charge in [-0.3, -0.25) is 14.5 Å². The van der Waals surface area contributed by atoms with Crippen LogP contribution in [0.15, 0.2) is 48.7 Å². The third kappa shape index (κ3) is 5.03. The Kier molecular flexibility index (Phi) is 6.20. The number of anilines is 1. The molecular formula is C19H21ClN4O2. The zero-order chi connectivity index (χ0) is 18.4. The zero-order valence-corrected chi connectivity index (χ0v) is 15.2. The van der Waals surface area contributed by atoms with Crippen molar-refractivity contribution < 1.29 is 9.59 Å². The Balaban J connectivity index is 1.51. The van der Waals surface area contributed by atoms with E-state index in [4.69, 9.17) is 11.6 Å². The highest BCUT2D eigenvalue weighted by atomic mass is 35.5. The molecule has 7 heteroatoms. The molecule has 26 heavy (non-hydrogen) atoms. The van der Waals surface area contributed by atoms with Crippen LogP contribution in [0.4, 0.5) is 5.82 Å². The molecule has 1 aromatic heterocycles. The summed E-state index contributed by atoms with van der Waals surface area (Å²) >= 11 is 5.79. The van der Waals surface area contributed by atoms with Crippen molar-refractivity contribution >= 4 is 29.2 Å². The van der Waals surface area contributed by atoms with Crippen LogP contribution >= 0.6 is 11.6 Å². The fourth-order valence-corrected chi connectivity index (χ4v) is 3.04. The molecule has 0 aliphatic carbocycles. The van der Waals surface area contributed by atoms with Gasteiger partial charge < -0.3 is 10.2 Å². The first kappa shape index (κ1) is 18.4. The fraction of sp³-hybridized carbons (Fsp3) is 0.316. The van der Waals surface area contributed by atoms with E-state index in [1.807, 2.05) is 35.2 Å². The Morgan fingerprint density at radius 2 is 1.85 bits per heavy atom. The van der Waals surface area contributed by atoms with Crippen molar-refractivity contribution in [1.29, 1.82) is 0 Å². The summed E-state index contributed by atoms with van der Waals surface area (Å²) < 4.78 is 0. The lowest BCUT2D eigenvalue weighted by Crippen LogP contribution is -2.38. The number of pyridine rings is 1. The molecule has 1 N–H and O–H groups in total. The Bertz CT molecular complexity index is 752. The quantitative estimate of drug-likeness (QED) is 0.895. The van der Waals surface area contributed by atoms with Gasteiger partial charge in [0.05, 0.1) is 11.6 Å². The predicted molar refractivity (Wildman–Crippen MR) is 101 cm³/mol. The molecule has 0 bridgehead atoms. The number of carbonyl (C=O) groups excluding carboxylic acids is 2. The second kappa shape index (κ2) is 8.78. The molecule has 1 aliphatic rings.